The number of hydrogen-bond donors (Lipinski definition) is 1. The molecule has 1 fully saturated rings. The maximum absolute atomic E-state index is 13.9. The highest BCUT2D eigenvalue weighted by Crippen LogP contribution is 2.50. The van der Waals surface area contributed by atoms with Crippen LogP contribution < -0.4 is 5.32 Å². The highest BCUT2D eigenvalue weighted by molar-refractivity contribution is 8.09. The molecule has 2 aliphatic rings. The van der Waals surface area contributed by atoms with Crippen LogP contribution in [0.15, 0.2) is 98.7 Å². The number of carbonyl (C=O) groups is 3. The lowest BCUT2D eigenvalue weighted by Gasteiger charge is -2.25. The Balaban J connectivity index is 1.68. The number of Topliss-reactive ketones (excluding diaryl/α,β-unsaturated/α-hetero) is 1. The van der Waals surface area contributed by atoms with E-state index in [-0.39, 0.29) is 17.5 Å². The fourth-order valence-corrected chi connectivity index (χ4v) is 7.14. The van der Waals surface area contributed by atoms with Gasteiger partial charge in [0.2, 0.25) is 5.84 Å². The quantitative estimate of drug-likeness (QED) is 0.102. The van der Waals surface area contributed by atoms with Crippen LogP contribution in [0.5, 0.6) is 0 Å². The van der Waals surface area contributed by atoms with Crippen molar-refractivity contribution in [2.45, 2.75) is 27.3 Å². The van der Waals surface area contributed by atoms with Gasteiger partial charge < -0.3 is 15.0 Å². The lowest BCUT2D eigenvalue weighted by Crippen LogP contribution is -2.34. The van der Waals surface area contributed by atoms with Crippen molar-refractivity contribution in [2.75, 3.05) is 24.8 Å². The number of hydrogen-bond acceptors (Lipinski definition) is 8. The van der Waals surface area contributed by atoms with E-state index in [1.54, 1.807) is 28.0 Å². The van der Waals surface area contributed by atoms with E-state index in [9.17, 15) is 14.4 Å². The maximum Gasteiger partial charge on any atom is 0.374 e. The Labute approximate surface area is 259 Å². The third-order valence-corrected chi connectivity index (χ3v) is 9.20. The van der Waals surface area contributed by atoms with Crippen molar-refractivity contribution < 1.29 is 19.1 Å². The molecule has 3 aromatic rings. The largest absolute Gasteiger partial charge is 0.463 e. The number of amides is 1. The van der Waals surface area contributed by atoms with Crippen molar-refractivity contribution in [3.05, 3.63) is 110 Å². The third kappa shape index (κ3) is 6.40. The van der Waals surface area contributed by atoms with Crippen molar-refractivity contribution in [2.24, 2.45) is 4.99 Å². The summed E-state index contributed by atoms with van der Waals surface area (Å²) in [7, 11) is 1.31. The average Bonchev–Trinajstić information content (AvgIpc) is 3.55. The molecule has 0 bridgehead atoms. The predicted octanol–water partition coefficient (Wildman–Crippen LogP) is 6.86. The topological polar surface area (TPSA) is 91.3 Å². The van der Waals surface area contributed by atoms with Crippen LogP contribution in [-0.4, -0.2) is 52.8 Å². The summed E-state index contributed by atoms with van der Waals surface area (Å²) in [5.74, 6) is -0.432. The number of allylic oxidation sites excluding steroid dienone is 1. The third-order valence-electron chi connectivity index (χ3n) is 6.89. The van der Waals surface area contributed by atoms with Crippen LogP contribution in [0, 0.1) is 0 Å². The number of carbonyl (C=O) groups excluding carboxylic acids is 3. The smallest absolute Gasteiger partial charge is 0.374 e. The van der Waals surface area contributed by atoms with E-state index in [1.807, 2.05) is 74.5 Å². The van der Waals surface area contributed by atoms with Gasteiger partial charge in [0, 0.05) is 23.6 Å². The predicted molar refractivity (Wildman–Crippen MR) is 175 cm³/mol. The fourth-order valence-electron chi connectivity index (χ4n) is 4.83. The van der Waals surface area contributed by atoms with E-state index in [0.29, 0.717) is 45.8 Å². The molecule has 0 spiro atoms. The van der Waals surface area contributed by atoms with Crippen LogP contribution in [0.25, 0.3) is 5.70 Å². The lowest BCUT2D eigenvalue weighted by atomic mass is 10.1. The van der Waals surface area contributed by atoms with Crippen LogP contribution >= 0.6 is 23.5 Å². The zero-order valence-electron chi connectivity index (χ0n) is 24.4. The van der Waals surface area contributed by atoms with Crippen molar-refractivity contribution in [3.8, 4) is 0 Å². The van der Waals surface area contributed by atoms with E-state index in [4.69, 9.17) is 9.73 Å². The van der Waals surface area contributed by atoms with Gasteiger partial charge in [0.25, 0.3) is 5.91 Å². The monoisotopic (exact) mass is 612 g/mol. The van der Waals surface area contributed by atoms with Crippen molar-refractivity contribution in [1.82, 2.24) is 9.80 Å². The first-order valence-corrected chi connectivity index (χ1v) is 15.6. The number of nitrogens with one attached hydrogen (secondary N) is 1. The summed E-state index contributed by atoms with van der Waals surface area (Å²) in [6.45, 7) is 6.50. The zero-order valence-corrected chi connectivity index (χ0v) is 26.1. The van der Waals surface area contributed by atoms with Gasteiger partial charge in [-0.1, -0.05) is 84.2 Å². The Hall–Kier alpha value is -4.28. The minimum absolute atomic E-state index is 0.0111. The minimum atomic E-state index is -0.672. The Morgan fingerprint density at radius 2 is 1.72 bits per heavy atom. The molecule has 1 N–H and O–H groups in total. The van der Waals surface area contributed by atoms with Gasteiger partial charge in [-0.05, 0) is 50.1 Å². The van der Waals surface area contributed by atoms with Crippen LogP contribution in [-0.2, 0) is 20.9 Å². The molecule has 220 valence electrons. The van der Waals surface area contributed by atoms with E-state index in [2.05, 4.69) is 5.32 Å². The molecule has 0 unspecified atom stereocenters. The second-order valence-corrected chi connectivity index (χ2v) is 12.0. The van der Waals surface area contributed by atoms with Crippen molar-refractivity contribution in [3.63, 3.8) is 0 Å². The molecule has 43 heavy (non-hydrogen) atoms. The molecule has 1 amide bonds. The van der Waals surface area contributed by atoms with Crippen LogP contribution in [0.2, 0.25) is 0 Å². The first kappa shape index (κ1) is 30.2. The summed E-state index contributed by atoms with van der Waals surface area (Å²) in [5.41, 5.74) is 4.18. The van der Waals surface area contributed by atoms with Gasteiger partial charge in [0.15, 0.2) is 5.78 Å². The Kier molecular flexibility index (Phi) is 9.37. The number of rotatable bonds is 7. The molecule has 0 saturated carbocycles. The summed E-state index contributed by atoms with van der Waals surface area (Å²) >= 11 is 2.88. The van der Waals surface area contributed by atoms with Gasteiger partial charge in [-0.2, -0.15) is 0 Å². The summed E-state index contributed by atoms with van der Waals surface area (Å²) < 4.78 is 5.28. The summed E-state index contributed by atoms with van der Waals surface area (Å²) in [4.78, 5) is 49.5. The summed E-state index contributed by atoms with van der Waals surface area (Å²) in [6.07, 6.45) is 0. The normalized spacial score (nSPS) is 17.1. The van der Waals surface area contributed by atoms with Crippen LogP contribution in [0.4, 0.5) is 11.4 Å². The number of amidine groups is 1. The number of thioether (sulfide) groups is 2. The van der Waals surface area contributed by atoms with Gasteiger partial charge in [0.1, 0.15) is 9.93 Å². The molecule has 1 saturated heterocycles. The molecule has 3 aromatic carbocycles. The van der Waals surface area contributed by atoms with E-state index in [1.165, 1.54) is 37.6 Å². The first-order valence-electron chi connectivity index (χ1n) is 13.8. The van der Waals surface area contributed by atoms with Crippen LogP contribution in [0.3, 0.4) is 0 Å². The molecule has 2 heterocycles. The second kappa shape index (κ2) is 13.4. The number of ketones is 1. The molecular weight excluding hydrogens is 581 g/mol. The standard InChI is InChI=1S/C33H32N4O4S2/c1-5-34-26-17-16-25(21(2)38)18-27(26)35-30(33(40)41-4)37-28(24-14-10-7-11-15-24)22(3)43-32(37)29-31(39)36(20-42-29)19-23-12-8-6-9-13-23/h6-18,34H,5,19-20H2,1-4H3. The van der Waals surface area contributed by atoms with Gasteiger partial charge in [-0.15, -0.1) is 0 Å². The van der Waals surface area contributed by atoms with Crippen molar-refractivity contribution in [1.29, 1.82) is 0 Å². The van der Waals surface area contributed by atoms with E-state index >= 15 is 0 Å². The molecule has 0 aliphatic carbocycles. The van der Waals surface area contributed by atoms with Gasteiger partial charge in [0.05, 0.1) is 30.1 Å². The highest BCUT2D eigenvalue weighted by Gasteiger charge is 2.41. The number of methoxy groups -OCH3 is 1. The lowest BCUT2D eigenvalue weighted by molar-refractivity contribution is -0.133. The van der Waals surface area contributed by atoms with E-state index in [0.717, 1.165) is 21.7 Å². The Morgan fingerprint density at radius 3 is 2.37 bits per heavy atom. The highest BCUT2D eigenvalue weighted by atomic mass is 32.2. The average molecular weight is 613 g/mol. The fraction of sp³-hybridized carbons (Fsp3) is 0.212. The molecule has 0 aromatic heterocycles. The Bertz CT molecular complexity index is 1650. The number of esters is 1. The van der Waals surface area contributed by atoms with Crippen LogP contribution in [0.1, 0.15) is 42.3 Å². The van der Waals surface area contributed by atoms with Gasteiger partial charge in [-0.25, -0.2) is 9.79 Å². The molecule has 2 aliphatic heterocycles. The minimum Gasteiger partial charge on any atom is -0.463 e. The maximum atomic E-state index is 13.9. The van der Waals surface area contributed by atoms with Gasteiger partial charge >= 0.3 is 5.97 Å². The molecule has 10 heteroatoms. The first-order chi connectivity index (χ1) is 20.8. The number of anilines is 1. The number of nitrogens with zero attached hydrogens (tertiary/aromatic N) is 3. The van der Waals surface area contributed by atoms with Gasteiger partial charge in [-0.3, -0.25) is 14.5 Å². The van der Waals surface area contributed by atoms with Crippen molar-refractivity contribution >= 4 is 64.1 Å². The number of ether oxygens (including phenoxy) is 1. The number of benzene rings is 3. The molecule has 0 radical (unpaired) electrons. The molecule has 5 rings (SSSR count). The van der Waals surface area contributed by atoms with E-state index < -0.39 is 5.97 Å². The Morgan fingerprint density at radius 1 is 1.02 bits per heavy atom. The zero-order chi connectivity index (χ0) is 30.5. The summed E-state index contributed by atoms with van der Waals surface area (Å²) in [6, 6.07) is 24.7. The molecule has 8 nitrogen and oxygen atoms in total. The molecule has 0 atom stereocenters. The number of aliphatic imine (C=N–C) groups is 1. The summed E-state index contributed by atoms with van der Waals surface area (Å²) in [5, 5.41) is 3.86. The second-order valence-electron chi connectivity index (χ2n) is 9.85. The SMILES string of the molecule is CCNc1ccc(C(C)=O)cc1N=C(C(=O)OC)N1C(=C2SCN(Cc3ccccc3)C2=O)SC(C)=C1c1ccccc1. The molecular formula is C33H32N4O4S2.